The molecule has 41 nitrogen and oxygen atoms in total. The van der Waals surface area contributed by atoms with Crippen molar-refractivity contribution in [1.82, 2.24) is 5.48 Å². The van der Waals surface area contributed by atoms with Crippen LogP contribution in [-0.4, -0.2) is 242 Å². The Morgan fingerprint density at radius 1 is 0.325 bits per heavy atom. The summed E-state index contributed by atoms with van der Waals surface area (Å²) in [6.45, 7) is 17.7. The highest BCUT2D eigenvalue weighted by Gasteiger charge is 2.69. The zero-order valence-electron chi connectivity index (χ0n) is 67.0. The maximum absolute atomic E-state index is 11.9. The van der Waals surface area contributed by atoms with Crippen LogP contribution in [0.25, 0.3) is 0 Å². The molecule has 12 fully saturated rings. The molecule has 4 heterocycles. The van der Waals surface area contributed by atoms with Crippen molar-refractivity contribution in [2.45, 2.75) is 243 Å². The molecular weight excluding hydrogens is 1650 g/mol. The highest BCUT2D eigenvalue weighted by Crippen LogP contribution is 2.59. The molecular formula is C72H105NO40S4. The third kappa shape index (κ3) is 22.5. The highest BCUT2D eigenvalue weighted by atomic mass is 32.2. The first kappa shape index (κ1) is 93.3. The summed E-state index contributed by atoms with van der Waals surface area (Å²) in [6.07, 6.45) is -2.71. The Morgan fingerprint density at radius 2 is 0.632 bits per heavy atom. The van der Waals surface area contributed by atoms with Gasteiger partial charge in [0.15, 0.2) is 20.0 Å². The van der Waals surface area contributed by atoms with Crippen molar-refractivity contribution in [3.05, 3.63) is 0 Å². The SMILES string of the molecule is CCC(C)(C)C(=O)OCC(=O)OCCOC(=O)OC1C2CC3C1OS(=O)(=O)C3C2.CCC(C)(C)C(=O)OCC(=O)OCOC(=O)OC1C2CC3C1OS(=O)(=O)C3C2.CCC(C)(C)C(=O)OCCOC(=O)CCOC(=O)OC1C2CC3C1OS(=O)(=O)C3C2.CCC(C)(C)C(=O)ONC(=O)CCOC(=O)OCOC1C2CC3C1OS(=O)(=O)C3C2. The molecule has 0 aromatic rings. The number of carbonyl (C=O) groups excluding carboxylic acids is 12. The Kier molecular flexibility index (Phi) is 30.3. The second-order valence-electron chi connectivity index (χ2n) is 33.0. The van der Waals surface area contributed by atoms with Gasteiger partial charge in [-0.3, -0.25) is 40.7 Å². The van der Waals surface area contributed by atoms with Crippen LogP contribution in [0.4, 0.5) is 19.2 Å². The molecule has 12 rings (SSSR count). The monoisotopic (exact) mass is 1750 g/mol. The van der Waals surface area contributed by atoms with E-state index in [1.165, 1.54) is 0 Å². The first-order valence-corrected chi connectivity index (χ1v) is 44.7. The van der Waals surface area contributed by atoms with Crippen LogP contribution < -0.4 is 5.48 Å². The van der Waals surface area contributed by atoms with Gasteiger partial charge >= 0.3 is 66.4 Å². The number of hydroxylamine groups is 1. The minimum atomic E-state index is -3.60. The summed E-state index contributed by atoms with van der Waals surface area (Å²) in [5.74, 6) is -5.47. The van der Waals surface area contributed by atoms with Crippen LogP contribution in [0.15, 0.2) is 0 Å². The van der Waals surface area contributed by atoms with E-state index in [-0.39, 0.29) is 106 Å². The molecule has 8 saturated carbocycles. The normalized spacial score (nSPS) is 31.2. The smallest absolute Gasteiger partial charge is 0.462 e. The van der Waals surface area contributed by atoms with Gasteiger partial charge in [0.1, 0.15) is 82.4 Å². The second-order valence-corrected chi connectivity index (χ2v) is 40.1. The van der Waals surface area contributed by atoms with Crippen molar-refractivity contribution in [1.29, 1.82) is 0 Å². The van der Waals surface area contributed by atoms with Crippen LogP contribution in [-0.2, 0) is 171 Å². The van der Waals surface area contributed by atoms with Crippen LogP contribution in [0.1, 0.15) is 173 Å². The molecule has 1 amide bonds. The molecule has 20 atom stereocenters. The maximum atomic E-state index is 11.9. The number of hydrogen-bond acceptors (Lipinski definition) is 40. The molecule has 45 heteroatoms. The van der Waals surface area contributed by atoms with E-state index in [2.05, 4.69) is 9.47 Å². The molecule has 0 spiro atoms. The minimum absolute atomic E-state index is 0.0492. The molecule has 0 aromatic carbocycles. The summed E-state index contributed by atoms with van der Waals surface area (Å²) >= 11 is 0. The summed E-state index contributed by atoms with van der Waals surface area (Å²) in [5.41, 5.74) is -0.705. The van der Waals surface area contributed by atoms with Gasteiger partial charge in [0.05, 0.1) is 61.6 Å². The van der Waals surface area contributed by atoms with Gasteiger partial charge in [-0.2, -0.15) is 39.2 Å². The van der Waals surface area contributed by atoms with Crippen molar-refractivity contribution >= 4 is 113 Å². The lowest BCUT2D eigenvalue weighted by Crippen LogP contribution is -2.37. The van der Waals surface area contributed by atoms with Crippen molar-refractivity contribution in [3.63, 3.8) is 0 Å². The van der Waals surface area contributed by atoms with Gasteiger partial charge in [-0.1, -0.05) is 27.7 Å². The molecule has 12 aliphatic rings. The Morgan fingerprint density at radius 3 is 1.04 bits per heavy atom. The lowest BCUT2D eigenvalue weighted by molar-refractivity contribution is -0.170. The zero-order chi connectivity index (χ0) is 86.3. The van der Waals surface area contributed by atoms with Crippen molar-refractivity contribution < 1.29 is 184 Å². The number of esters is 6. The maximum Gasteiger partial charge on any atom is 0.511 e. The third-order valence-corrected chi connectivity index (χ3v) is 31.1. The summed E-state index contributed by atoms with van der Waals surface area (Å²) < 4.78 is 190. The fourth-order valence-electron chi connectivity index (χ4n) is 15.9. The average Bonchev–Trinajstić information content (AvgIpc) is 1.57. The van der Waals surface area contributed by atoms with E-state index in [4.69, 9.17) is 83.1 Å². The third-order valence-electron chi connectivity index (χ3n) is 24.1. The van der Waals surface area contributed by atoms with Gasteiger partial charge < -0.3 is 75.9 Å². The Hall–Kier alpha value is -7.56. The standard InChI is InChI=1S/C19H28O10S.C18H27NO10S.C18H26O10S.C17H24O10S/c1-4-19(2,3)17(21)26-8-7-25-14(20)5-6-27-18(22)28-15-11-9-12-13(10-11)30(23,24)29-16(12)15;1-4-18(2,3)16(21)28-19-13(20)5-6-25-17(22)27-9-26-14-10-7-11-12(8-10)30(23,24)29-15(11)14;1-4-18(2,3)16(20)26-9-13(19)24-5-6-25-17(21)27-14-10-7-11-12(8-10)29(22,23)28-15(11)14;1-4-17(2,3)15(19)23-7-12(18)24-8-25-16(20)26-13-9-5-10-11(6-9)28(21,22)27-14(10)13/h11-13,15-16H,4-10H2,1-3H3;10-12,14-15H,4-9H2,1-3H3,(H,19,20);10-12,14-15H,4-9H2,1-3H3;9-11,13-14H,4-8H2,1-3H3. The van der Waals surface area contributed by atoms with E-state index in [1.54, 1.807) is 55.4 Å². The molecule has 0 radical (unpaired) electrons. The van der Waals surface area contributed by atoms with E-state index in [0.717, 1.165) is 6.42 Å². The van der Waals surface area contributed by atoms with Gasteiger partial charge in [-0.25, -0.2) is 33.6 Å². The fraction of sp³-hybridized carbons (Fsp3) is 0.833. The van der Waals surface area contributed by atoms with Gasteiger partial charge in [0.25, 0.3) is 46.4 Å². The number of fused-ring (bicyclic) bond motifs is 4. The minimum Gasteiger partial charge on any atom is -0.462 e. The number of hydrogen-bond donors (Lipinski definition) is 1. The summed E-state index contributed by atoms with van der Waals surface area (Å²) in [6, 6.07) is 0. The lowest BCUT2D eigenvalue weighted by Gasteiger charge is -2.24. The van der Waals surface area contributed by atoms with Gasteiger partial charge in [0, 0.05) is 41.4 Å². The summed E-state index contributed by atoms with van der Waals surface area (Å²) in [4.78, 5) is 145. The molecule has 4 saturated heterocycles. The summed E-state index contributed by atoms with van der Waals surface area (Å²) in [7, 11) is -14.3. The van der Waals surface area contributed by atoms with Crippen LogP contribution in [0.2, 0.25) is 0 Å². The molecule has 20 unspecified atom stereocenters. The molecule has 117 heavy (non-hydrogen) atoms. The quantitative estimate of drug-likeness (QED) is 0.0234. The van der Waals surface area contributed by atoms with Crippen LogP contribution in [0, 0.1) is 69.0 Å². The van der Waals surface area contributed by atoms with Gasteiger partial charge in [0.2, 0.25) is 6.79 Å². The second kappa shape index (κ2) is 38.0. The number of nitrogens with one attached hydrogen (secondary N) is 1. The zero-order valence-corrected chi connectivity index (χ0v) is 70.2. The van der Waals surface area contributed by atoms with Crippen LogP contribution in [0.5, 0.6) is 0 Å². The highest BCUT2D eigenvalue weighted by molar-refractivity contribution is 7.88. The van der Waals surface area contributed by atoms with E-state index in [9.17, 15) is 91.2 Å². The van der Waals surface area contributed by atoms with Crippen LogP contribution in [0.3, 0.4) is 0 Å². The molecule has 4 aliphatic heterocycles. The van der Waals surface area contributed by atoms with E-state index in [0.29, 0.717) is 70.6 Å². The van der Waals surface area contributed by atoms with Gasteiger partial charge in [-0.05, 0) is 138 Å². The predicted molar refractivity (Wildman–Crippen MR) is 387 cm³/mol. The van der Waals surface area contributed by atoms with E-state index < -0.39 is 225 Å². The van der Waals surface area contributed by atoms with Crippen LogP contribution >= 0.6 is 0 Å². The number of ether oxygens (including phenoxy) is 15. The Bertz CT molecular complexity index is 4160. The largest absolute Gasteiger partial charge is 0.511 e. The molecule has 8 bridgehead atoms. The number of rotatable bonds is 32. The van der Waals surface area contributed by atoms with E-state index >= 15 is 0 Å². The topological polar surface area (TPSA) is 538 Å². The van der Waals surface area contributed by atoms with Crippen molar-refractivity contribution in [2.24, 2.45) is 69.0 Å². The van der Waals surface area contributed by atoms with Gasteiger partial charge in [-0.15, -0.1) is 0 Å². The lowest BCUT2D eigenvalue weighted by atomic mass is 9.91. The first-order valence-electron chi connectivity index (χ1n) is 38.8. The number of amides is 1. The van der Waals surface area contributed by atoms with E-state index in [1.807, 2.05) is 33.2 Å². The first-order chi connectivity index (χ1) is 54.7. The van der Waals surface area contributed by atoms with Crippen molar-refractivity contribution in [3.8, 4) is 0 Å². The molecule has 1 N–H and O–H groups in total. The Labute approximate surface area is 677 Å². The predicted octanol–water partition coefficient (Wildman–Crippen LogP) is 4.87. The van der Waals surface area contributed by atoms with Crippen molar-refractivity contribution in [2.75, 3.05) is 66.4 Å². The molecule has 662 valence electrons. The number of carbonyl (C=O) groups is 12. The average molecular weight is 1750 g/mol. The molecule has 0 aromatic heterocycles. The fourth-order valence-corrected chi connectivity index (χ4v) is 23.4. The molecule has 8 aliphatic carbocycles. The summed E-state index contributed by atoms with van der Waals surface area (Å²) in [5, 5.41) is -1.95. The Balaban J connectivity index is 0.000000178.